The second-order valence-corrected chi connectivity index (χ2v) is 6.32. The van der Waals surface area contributed by atoms with Crippen LogP contribution in [0.1, 0.15) is 5.82 Å². The summed E-state index contributed by atoms with van der Waals surface area (Å²) in [7, 11) is 0. The van der Waals surface area contributed by atoms with Crippen molar-refractivity contribution in [3.63, 3.8) is 0 Å². The molecule has 0 radical (unpaired) electrons. The van der Waals surface area contributed by atoms with Gasteiger partial charge < -0.3 is 5.32 Å². The Morgan fingerprint density at radius 1 is 1.25 bits per heavy atom. The van der Waals surface area contributed by atoms with Gasteiger partial charge in [-0.3, -0.25) is 0 Å². The Hall–Kier alpha value is -2.77. The number of hydrogen-bond acceptors (Lipinski definition) is 8. The minimum absolute atomic E-state index is 0.240. The minimum Gasteiger partial charge on any atom is -0.360 e. The molecule has 0 unspecified atom stereocenters. The molecule has 0 spiro atoms. The summed E-state index contributed by atoms with van der Waals surface area (Å²) in [4.78, 5) is 9.44. The number of anilines is 1. The predicted molar refractivity (Wildman–Crippen MR) is 91.7 cm³/mol. The van der Waals surface area contributed by atoms with Crippen LogP contribution >= 0.6 is 27.7 Å². The molecule has 3 rings (SSSR count). The number of nitrogens with one attached hydrogen (secondary N) is 2. The number of allylic oxidation sites excluding steroid dienone is 1. The van der Waals surface area contributed by atoms with Crippen LogP contribution in [-0.4, -0.2) is 30.6 Å². The monoisotopic (exact) mass is 400 g/mol. The van der Waals surface area contributed by atoms with Gasteiger partial charge in [-0.15, -0.1) is 10.2 Å². The van der Waals surface area contributed by atoms with Crippen molar-refractivity contribution in [1.29, 1.82) is 5.26 Å². The third kappa shape index (κ3) is 4.15. The fraction of sp³-hybridized carbons (Fsp3) is 0. The van der Waals surface area contributed by atoms with Crippen molar-refractivity contribution >= 4 is 39.0 Å². The molecule has 0 aliphatic heterocycles. The number of hydrogen-bond donors (Lipinski definition) is 2. The molecule has 118 valence electrons. The number of rotatable bonds is 5. The molecule has 0 saturated carbocycles. The van der Waals surface area contributed by atoms with E-state index >= 15 is 0 Å². The van der Waals surface area contributed by atoms with Gasteiger partial charge in [0.1, 0.15) is 11.6 Å². The van der Waals surface area contributed by atoms with Gasteiger partial charge in [0.15, 0.2) is 5.16 Å². The third-order valence-electron chi connectivity index (χ3n) is 2.75. The van der Waals surface area contributed by atoms with Gasteiger partial charge in [0, 0.05) is 29.2 Å². The van der Waals surface area contributed by atoms with E-state index in [1.54, 1.807) is 12.4 Å². The van der Waals surface area contributed by atoms with Gasteiger partial charge in [-0.05, 0) is 57.2 Å². The normalized spacial score (nSPS) is 11.1. The van der Waals surface area contributed by atoms with Crippen molar-refractivity contribution in [2.45, 2.75) is 10.1 Å². The second-order valence-electron chi connectivity index (χ2n) is 4.36. The van der Waals surface area contributed by atoms with E-state index in [9.17, 15) is 0 Å². The van der Waals surface area contributed by atoms with Gasteiger partial charge in [0.2, 0.25) is 5.82 Å². The highest BCUT2D eigenvalue weighted by Crippen LogP contribution is 2.26. The van der Waals surface area contributed by atoms with Crippen molar-refractivity contribution in [2.75, 3.05) is 5.32 Å². The van der Waals surface area contributed by atoms with Gasteiger partial charge in [-0.1, -0.05) is 0 Å². The van der Waals surface area contributed by atoms with Crippen LogP contribution in [0.25, 0.3) is 5.57 Å². The highest BCUT2D eigenvalue weighted by Gasteiger charge is 2.05. The molecule has 3 aromatic rings. The Labute approximate surface area is 149 Å². The quantitative estimate of drug-likeness (QED) is 0.495. The zero-order valence-electron chi connectivity index (χ0n) is 12.0. The van der Waals surface area contributed by atoms with Gasteiger partial charge >= 0.3 is 0 Å². The van der Waals surface area contributed by atoms with E-state index in [1.807, 2.05) is 30.3 Å². The summed E-state index contributed by atoms with van der Waals surface area (Å²) in [5.74, 6) is 0.240. The van der Waals surface area contributed by atoms with Crippen molar-refractivity contribution in [3.05, 3.63) is 53.2 Å². The molecule has 0 atom stereocenters. The topological polar surface area (TPSA) is 116 Å². The smallest absolute Gasteiger partial charge is 0.216 e. The summed E-state index contributed by atoms with van der Waals surface area (Å²) in [5.41, 5.74) is 1.11. The van der Waals surface area contributed by atoms with Crippen LogP contribution in [0, 0.1) is 11.3 Å². The third-order valence-corrected chi connectivity index (χ3v) is 4.06. The van der Waals surface area contributed by atoms with Crippen LogP contribution in [0.15, 0.2) is 57.4 Å². The van der Waals surface area contributed by atoms with E-state index in [0.29, 0.717) is 5.16 Å². The summed E-state index contributed by atoms with van der Waals surface area (Å²) in [6.45, 7) is 0. The Morgan fingerprint density at radius 3 is 2.62 bits per heavy atom. The molecule has 0 amide bonds. The average Bonchev–Trinajstić information content (AvgIpc) is 3.13. The predicted octanol–water partition coefficient (Wildman–Crippen LogP) is 2.88. The van der Waals surface area contributed by atoms with E-state index < -0.39 is 0 Å². The number of aromatic nitrogens is 6. The lowest BCUT2D eigenvalue weighted by molar-refractivity contribution is 0.881. The molecule has 2 N–H and O–H groups in total. The fourth-order valence-electron chi connectivity index (χ4n) is 1.66. The molecule has 24 heavy (non-hydrogen) atoms. The van der Waals surface area contributed by atoms with E-state index in [2.05, 4.69) is 51.8 Å². The van der Waals surface area contributed by atoms with Crippen LogP contribution < -0.4 is 5.32 Å². The zero-order valence-corrected chi connectivity index (χ0v) is 14.4. The molecule has 10 heteroatoms. The lowest BCUT2D eigenvalue weighted by atomic mass is 10.3. The summed E-state index contributed by atoms with van der Waals surface area (Å²) in [6.07, 6.45) is 4.94. The van der Waals surface area contributed by atoms with Gasteiger partial charge in [-0.2, -0.15) is 10.5 Å². The van der Waals surface area contributed by atoms with Crippen LogP contribution in [0.3, 0.4) is 0 Å². The van der Waals surface area contributed by atoms with Crippen molar-refractivity contribution in [1.82, 2.24) is 30.6 Å². The molecule has 2 aromatic heterocycles. The lowest BCUT2D eigenvalue weighted by Crippen LogP contribution is -1.93. The maximum absolute atomic E-state index is 9.10. The van der Waals surface area contributed by atoms with Crippen LogP contribution in [-0.2, 0) is 0 Å². The van der Waals surface area contributed by atoms with E-state index in [1.165, 1.54) is 18.0 Å². The summed E-state index contributed by atoms with van der Waals surface area (Å²) < 4.78 is 0.841. The fourth-order valence-corrected chi connectivity index (χ4v) is 2.55. The standard InChI is InChI=1S/C14H9BrN8S/c15-10-7-18-14(19-8-10)24-12-3-1-11(2-4-12)17-6-9(5-16)13-20-22-23-21-13/h1-4,6-8,17H,(H,20,21,22,23). The first-order valence-electron chi connectivity index (χ1n) is 6.60. The number of tetrazole rings is 1. The highest BCUT2D eigenvalue weighted by molar-refractivity contribution is 9.10. The summed E-state index contributed by atoms with van der Waals surface area (Å²) >= 11 is 4.76. The van der Waals surface area contributed by atoms with Crippen LogP contribution in [0.2, 0.25) is 0 Å². The Morgan fingerprint density at radius 2 is 2.00 bits per heavy atom. The largest absolute Gasteiger partial charge is 0.360 e. The number of benzene rings is 1. The Balaban J connectivity index is 1.66. The van der Waals surface area contributed by atoms with E-state index in [0.717, 1.165) is 15.1 Å². The molecule has 0 aliphatic carbocycles. The number of H-pyrrole nitrogens is 1. The van der Waals surface area contributed by atoms with E-state index in [4.69, 9.17) is 5.26 Å². The Bertz CT molecular complexity index is 869. The first-order chi connectivity index (χ1) is 11.7. The minimum atomic E-state index is 0.240. The van der Waals surface area contributed by atoms with Gasteiger partial charge in [-0.25, -0.2) is 9.97 Å². The number of nitrogens with zero attached hydrogens (tertiary/aromatic N) is 6. The molecule has 2 heterocycles. The molecular formula is C14H9BrN8S. The molecule has 8 nitrogen and oxygen atoms in total. The Kier molecular flexibility index (Phi) is 5.15. The number of nitriles is 1. The molecule has 0 bridgehead atoms. The molecule has 1 aromatic carbocycles. The van der Waals surface area contributed by atoms with Crippen LogP contribution in [0.4, 0.5) is 5.69 Å². The van der Waals surface area contributed by atoms with Gasteiger partial charge in [0.25, 0.3) is 0 Å². The summed E-state index contributed by atoms with van der Waals surface area (Å²) in [5, 5.41) is 26.1. The SMILES string of the molecule is N#CC(=CNc1ccc(Sc2ncc(Br)cn2)cc1)c1nn[nH]n1. The molecule has 0 saturated heterocycles. The van der Waals surface area contributed by atoms with Crippen LogP contribution in [0.5, 0.6) is 0 Å². The maximum atomic E-state index is 9.10. The highest BCUT2D eigenvalue weighted by atomic mass is 79.9. The van der Waals surface area contributed by atoms with Crippen molar-refractivity contribution in [2.24, 2.45) is 0 Å². The molecule has 0 aliphatic rings. The second kappa shape index (κ2) is 7.67. The lowest BCUT2D eigenvalue weighted by Gasteiger charge is -2.03. The first kappa shape index (κ1) is 16.1. The number of aromatic amines is 1. The van der Waals surface area contributed by atoms with Crippen molar-refractivity contribution < 1.29 is 0 Å². The van der Waals surface area contributed by atoms with Gasteiger partial charge in [0.05, 0.1) is 4.47 Å². The number of halogens is 1. The zero-order chi connectivity index (χ0) is 16.8. The molecule has 0 fully saturated rings. The van der Waals surface area contributed by atoms with Crippen molar-refractivity contribution in [3.8, 4) is 6.07 Å². The maximum Gasteiger partial charge on any atom is 0.216 e. The van der Waals surface area contributed by atoms with E-state index in [-0.39, 0.29) is 11.4 Å². The first-order valence-corrected chi connectivity index (χ1v) is 8.21. The molecular weight excluding hydrogens is 392 g/mol. The summed E-state index contributed by atoms with van der Waals surface area (Å²) in [6, 6.07) is 9.67. The average molecular weight is 401 g/mol.